The summed E-state index contributed by atoms with van der Waals surface area (Å²) in [6, 6.07) is 8.48. The fourth-order valence-corrected chi connectivity index (χ4v) is 3.41. The van der Waals surface area contributed by atoms with Gasteiger partial charge in [-0.3, -0.25) is 0 Å². The average molecular weight is 371 g/mol. The third-order valence-corrected chi connectivity index (χ3v) is 4.82. The predicted octanol–water partition coefficient (Wildman–Crippen LogP) is 1.03. The molecule has 0 aromatic heterocycles. The molecule has 0 spiro atoms. The number of benzene rings is 2. The van der Waals surface area contributed by atoms with Crippen LogP contribution in [0.15, 0.2) is 45.7 Å². The van der Waals surface area contributed by atoms with E-state index in [2.05, 4.69) is 15.0 Å². The van der Waals surface area contributed by atoms with E-state index in [4.69, 9.17) is 16.8 Å². The number of phenolic OH excluding ortho intramolecular Hbond substituents is 1. The summed E-state index contributed by atoms with van der Waals surface area (Å²) < 4.78 is 28.1. The maximum Gasteiger partial charge on any atom is 0.288 e. The second kappa shape index (κ2) is 5.92. The Morgan fingerprint density at radius 1 is 1.29 bits per heavy atom. The van der Waals surface area contributed by atoms with Gasteiger partial charge in [-0.25, -0.2) is 5.21 Å². The number of nitrogens with zero attached hydrogens (tertiary/aromatic N) is 1. The monoisotopic (exact) mass is 370 g/mol. The number of anilines is 2. The van der Waals surface area contributed by atoms with Crippen molar-refractivity contribution in [3.63, 3.8) is 0 Å². The molecule has 24 heavy (non-hydrogen) atoms. The lowest BCUT2D eigenvalue weighted by Crippen LogP contribution is -2.99. The number of rotatable bonds is 2. The summed E-state index contributed by atoms with van der Waals surface area (Å²) in [4.78, 5) is -0.426. The average Bonchev–Trinajstić information content (AvgIpc) is 2.49. The SMILES string of the molecule is O=S1(=O)N=C(Nc2ccccc2Cl)Nc2c(O)cc([NH+]([O-])O)cc21. The van der Waals surface area contributed by atoms with E-state index >= 15 is 0 Å². The summed E-state index contributed by atoms with van der Waals surface area (Å²) in [5.74, 6) is -0.698. The summed E-state index contributed by atoms with van der Waals surface area (Å²) in [7, 11) is -4.21. The van der Waals surface area contributed by atoms with E-state index in [1.807, 2.05) is 0 Å². The molecule has 0 fully saturated rings. The Labute approximate surface area is 141 Å². The van der Waals surface area contributed by atoms with Gasteiger partial charge >= 0.3 is 0 Å². The molecule has 0 saturated carbocycles. The smallest absolute Gasteiger partial charge is 0.288 e. The zero-order valence-electron chi connectivity index (χ0n) is 11.8. The van der Waals surface area contributed by atoms with Gasteiger partial charge in [0.25, 0.3) is 10.0 Å². The van der Waals surface area contributed by atoms with Gasteiger partial charge in [0.05, 0.1) is 10.7 Å². The van der Waals surface area contributed by atoms with Crippen LogP contribution in [-0.4, -0.2) is 24.7 Å². The minimum absolute atomic E-state index is 0.162. The Balaban J connectivity index is 2.04. The van der Waals surface area contributed by atoms with Crippen LogP contribution in [0, 0.1) is 5.21 Å². The number of quaternary nitrogens is 1. The van der Waals surface area contributed by atoms with E-state index in [0.29, 0.717) is 10.7 Å². The molecule has 0 aliphatic carbocycles. The van der Waals surface area contributed by atoms with Crippen LogP contribution in [0.25, 0.3) is 0 Å². The van der Waals surface area contributed by atoms with E-state index in [1.54, 1.807) is 24.3 Å². The number of fused-ring (bicyclic) bond motifs is 1. The third kappa shape index (κ3) is 3.00. The lowest BCUT2D eigenvalue weighted by Gasteiger charge is -2.21. The molecule has 2 aromatic carbocycles. The van der Waals surface area contributed by atoms with Crippen LogP contribution >= 0.6 is 11.6 Å². The van der Waals surface area contributed by atoms with Crippen LogP contribution in [-0.2, 0) is 10.0 Å². The maximum atomic E-state index is 12.3. The molecular weight excluding hydrogens is 360 g/mol. The summed E-state index contributed by atoms with van der Waals surface area (Å²) in [6.45, 7) is 0. The molecule has 1 heterocycles. The molecule has 2 aromatic rings. The lowest BCUT2D eigenvalue weighted by atomic mass is 10.2. The zero-order chi connectivity index (χ0) is 17.5. The van der Waals surface area contributed by atoms with Crippen molar-refractivity contribution >= 4 is 44.6 Å². The lowest BCUT2D eigenvalue weighted by molar-refractivity contribution is -0.991. The standard InChI is InChI=1S/C13H11ClN4O5S/c14-8-3-1-2-4-9(8)15-13-16-12-10(19)5-7(18(20)21)6-11(12)24(22,23)17-13/h1-6,18-20H,(H2,15,16,17). The van der Waals surface area contributed by atoms with E-state index in [0.717, 1.165) is 12.1 Å². The molecule has 3 rings (SSSR count). The molecule has 0 saturated heterocycles. The van der Waals surface area contributed by atoms with E-state index in [1.165, 1.54) is 0 Å². The molecular formula is C13H11ClN4O5S. The molecule has 5 N–H and O–H groups in total. The first-order valence-corrected chi connectivity index (χ1v) is 8.33. The molecule has 1 aliphatic heterocycles. The highest BCUT2D eigenvalue weighted by Crippen LogP contribution is 2.37. The number of para-hydroxylation sites is 1. The molecule has 126 valence electrons. The molecule has 11 heteroatoms. The van der Waals surface area contributed by atoms with Crippen molar-refractivity contribution in [2.24, 2.45) is 4.40 Å². The van der Waals surface area contributed by atoms with Gasteiger partial charge in [-0.15, -0.1) is 4.40 Å². The largest absolute Gasteiger partial charge is 0.595 e. The van der Waals surface area contributed by atoms with Crippen LogP contribution < -0.4 is 15.9 Å². The number of nitrogens with one attached hydrogen (secondary N) is 3. The van der Waals surface area contributed by atoms with Crippen molar-refractivity contribution in [3.05, 3.63) is 46.6 Å². The summed E-state index contributed by atoms with van der Waals surface area (Å²) in [6.07, 6.45) is 0. The molecule has 9 nitrogen and oxygen atoms in total. The molecule has 1 aliphatic rings. The van der Waals surface area contributed by atoms with Crippen LogP contribution in [0.5, 0.6) is 5.75 Å². The second-order valence-electron chi connectivity index (χ2n) is 4.82. The number of aromatic hydroxyl groups is 1. The van der Waals surface area contributed by atoms with Gasteiger partial charge in [-0.2, -0.15) is 13.6 Å². The van der Waals surface area contributed by atoms with Gasteiger partial charge < -0.3 is 20.9 Å². The molecule has 0 amide bonds. The maximum absolute atomic E-state index is 12.3. The van der Waals surface area contributed by atoms with Gasteiger partial charge in [0, 0.05) is 12.1 Å². The molecule has 0 radical (unpaired) electrons. The molecule has 1 unspecified atom stereocenters. The third-order valence-electron chi connectivity index (χ3n) is 3.19. The highest BCUT2D eigenvalue weighted by atomic mass is 35.5. The highest BCUT2D eigenvalue weighted by Gasteiger charge is 2.29. The quantitative estimate of drug-likeness (QED) is 0.393. The molecule has 0 bridgehead atoms. The van der Waals surface area contributed by atoms with Crippen LogP contribution in [0.1, 0.15) is 0 Å². The van der Waals surface area contributed by atoms with Gasteiger partial charge in [0.2, 0.25) is 5.96 Å². The summed E-state index contributed by atoms with van der Waals surface area (Å²) >= 11 is 5.99. The number of hydrogen-bond donors (Lipinski definition) is 5. The number of hydrogen-bond acceptors (Lipinski definition) is 7. The zero-order valence-corrected chi connectivity index (χ0v) is 13.4. The van der Waals surface area contributed by atoms with Gasteiger partial charge in [0.1, 0.15) is 16.3 Å². The minimum Gasteiger partial charge on any atom is -0.595 e. The number of sulfonamides is 1. The first-order valence-electron chi connectivity index (χ1n) is 6.52. The van der Waals surface area contributed by atoms with Crippen molar-refractivity contribution in [2.75, 3.05) is 10.6 Å². The van der Waals surface area contributed by atoms with Crippen LogP contribution in [0.3, 0.4) is 0 Å². The molecule has 1 atom stereocenters. The van der Waals surface area contributed by atoms with Gasteiger partial charge in [-0.05, 0) is 12.1 Å². The highest BCUT2D eigenvalue weighted by molar-refractivity contribution is 7.90. The normalized spacial score (nSPS) is 16.5. The van der Waals surface area contributed by atoms with Crippen molar-refractivity contribution in [1.29, 1.82) is 0 Å². The Hall–Kier alpha value is -2.37. The summed E-state index contributed by atoms with van der Waals surface area (Å²) in [5, 5.41) is 34.2. The number of phenols is 1. The first-order chi connectivity index (χ1) is 11.3. The number of guanidine groups is 1. The Bertz CT molecular complexity index is 945. The fourth-order valence-electron chi connectivity index (χ4n) is 2.11. The van der Waals surface area contributed by atoms with Crippen molar-refractivity contribution in [2.45, 2.75) is 4.90 Å². The topological polar surface area (TPSA) is 139 Å². The van der Waals surface area contributed by atoms with Crippen molar-refractivity contribution < 1.29 is 24.0 Å². The van der Waals surface area contributed by atoms with E-state index in [-0.39, 0.29) is 17.3 Å². The number of halogens is 1. The van der Waals surface area contributed by atoms with Gasteiger partial charge in [0.15, 0.2) is 5.69 Å². The Morgan fingerprint density at radius 2 is 2.00 bits per heavy atom. The fraction of sp³-hybridized carbons (Fsp3) is 0. The second-order valence-corrected chi connectivity index (χ2v) is 6.80. The predicted molar refractivity (Wildman–Crippen MR) is 87.2 cm³/mol. The first kappa shape index (κ1) is 16.5. The van der Waals surface area contributed by atoms with E-state index < -0.39 is 25.9 Å². The minimum atomic E-state index is -4.21. The Morgan fingerprint density at radius 3 is 2.67 bits per heavy atom. The van der Waals surface area contributed by atoms with Crippen LogP contribution in [0.4, 0.5) is 17.1 Å². The summed E-state index contributed by atoms with van der Waals surface area (Å²) in [5.41, 5.74) is -0.121. The Kier molecular flexibility index (Phi) is 4.07. The van der Waals surface area contributed by atoms with Crippen LogP contribution in [0.2, 0.25) is 5.02 Å². The van der Waals surface area contributed by atoms with Crippen molar-refractivity contribution in [1.82, 2.24) is 0 Å². The van der Waals surface area contributed by atoms with Gasteiger partial charge in [-0.1, -0.05) is 23.7 Å². The van der Waals surface area contributed by atoms with E-state index in [9.17, 15) is 18.7 Å². The van der Waals surface area contributed by atoms with Crippen molar-refractivity contribution in [3.8, 4) is 5.75 Å².